The fourth-order valence-corrected chi connectivity index (χ4v) is 3.80. The van der Waals surface area contributed by atoms with Gasteiger partial charge >= 0.3 is 0 Å². The zero-order valence-corrected chi connectivity index (χ0v) is 15.7. The van der Waals surface area contributed by atoms with E-state index in [-0.39, 0.29) is 5.91 Å². The molecule has 0 atom stereocenters. The van der Waals surface area contributed by atoms with Gasteiger partial charge in [-0.05, 0) is 19.1 Å². The highest BCUT2D eigenvalue weighted by molar-refractivity contribution is 6.13. The van der Waals surface area contributed by atoms with Gasteiger partial charge in [0.25, 0.3) is 5.91 Å². The number of amides is 1. The SMILES string of the molecule is Cc1ccc(-c2nc(C(=O)N3CCOCC3)cc3c2[nH]c2ccccc23)cc1. The Bertz CT molecular complexity index is 1170. The molecule has 1 fully saturated rings. The lowest BCUT2D eigenvalue weighted by Crippen LogP contribution is -2.41. The lowest BCUT2D eigenvalue weighted by Gasteiger charge is -2.26. The van der Waals surface area contributed by atoms with E-state index >= 15 is 0 Å². The molecule has 0 bridgehead atoms. The first-order valence-electron chi connectivity index (χ1n) is 9.56. The zero-order chi connectivity index (χ0) is 19.1. The van der Waals surface area contributed by atoms with Gasteiger partial charge in [0.05, 0.1) is 24.4 Å². The van der Waals surface area contributed by atoms with Gasteiger partial charge in [0, 0.05) is 34.9 Å². The molecule has 1 amide bonds. The lowest BCUT2D eigenvalue weighted by atomic mass is 10.0. The van der Waals surface area contributed by atoms with E-state index in [0.29, 0.717) is 32.0 Å². The van der Waals surface area contributed by atoms with E-state index in [1.54, 1.807) is 0 Å². The Hall–Kier alpha value is -3.18. The highest BCUT2D eigenvalue weighted by Crippen LogP contribution is 2.33. The van der Waals surface area contributed by atoms with Gasteiger partial charge in [-0.25, -0.2) is 4.98 Å². The Morgan fingerprint density at radius 1 is 1.04 bits per heavy atom. The van der Waals surface area contributed by atoms with E-state index in [4.69, 9.17) is 9.72 Å². The zero-order valence-electron chi connectivity index (χ0n) is 15.7. The van der Waals surface area contributed by atoms with Crippen molar-refractivity contribution >= 4 is 27.7 Å². The van der Waals surface area contributed by atoms with Crippen LogP contribution in [0.3, 0.4) is 0 Å². The molecule has 5 rings (SSSR count). The number of pyridine rings is 1. The standard InChI is InChI=1S/C23H21N3O2/c1-15-6-8-16(9-7-15)21-22-18(17-4-2-3-5-19(17)24-22)14-20(25-21)23(27)26-10-12-28-13-11-26/h2-9,14,24H,10-13H2,1H3. The molecule has 3 heterocycles. The van der Waals surface area contributed by atoms with Gasteiger partial charge in [-0.3, -0.25) is 4.79 Å². The molecule has 0 saturated carbocycles. The van der Waals surface area contributed by atoms with Crippen LogP contribution in [0, 0.1) is 6.92 Å². The average Bonchev–Trinajstić information content (AvgIpc) is 3.12. The first kappa shape index (κ1) is 17.0. The molecule has 1 N–H and O–H groups in total. The average molecular weight is 371 g/mol. The van der Waals surface area contributed by atoms with Crippen molar-refractivity contribution in [3.8, 4) is 11.3 Å². The molecule has 2 aromatic heterocycles. The maximum absolute atomic E-state index is 13.1. The molecule has 0 aliphatic carbocycles. The van der Waals surface area contributed by atoms with Gasteiger partial charge in [-0.15, -0.1) is 0 Å². The second kappa shape index (κ2) is 6.77. The molecular formula is C23H21N3O2. The second-order valence-corrected chi connectivity index (χ2v) is 7.22. The predicted octanol–water partition coefficient (Wildman–Crippen LogP) is 4.16. The van der Waals surface area contributed by atoms with Crippen LogP contribution < -0.4 is 0 Å². The summed E-state index contributed by atoms with van der Waals surface area (Å²) < 4.78 is 5.39. The number of benzene rings is 2. The van der Waals surface area contributed by atoms with Crippen LogP contribution in [-0.4, -0.2) is 47.1 Å². The number of hydrogen-bond acceptors (Lipinski definition) is 3. The van der Waals surface area contributed by atoms with E-state index < -0.39 is 0 Å². The quantitative estimate of drug-likeness (QED) is 0.575. The predicted molar refractivity (Wildman–Crippen MR) is 110 cm³/mol. The molecule has 0 spiro atoms. The molecular weight excluding hydrogens is 350 g/mol. The van der Waals surface area contributed by atoms with Gasteiger partial charge in [-0.1, -0.05) is 48.0 Å². The Balaban J connectivity index is 1.73. The summed E-state index contributed by atoms with van der Waals surface area (Å²) in [5, 5.41) is 2.13. The summed E-state index contributed by atoms with van der Waals surface area (Å²) in [6.45, 7) is 4.42. The summed E-state index contributed by atoms with van der Waals surface area (Å²) >= 11 is 0. The molecule has 28 heavy (non-hydrogen) atoms. The van der Waals surface area contributed by atoms with E-state index in [0.717, 1.165) is 33.1 Å². The minimum atomic E-state index is -0.0381. The van der Waals surface area contributed by atoms with E-state index in [1.165, 1.54) is 5.56 Å². The van der Waals surface area contributed by atoms with Gasteiger partial charge < -0.3 is 14.6 Å². The third-order valence-electron chi connectivity index (χ3n) is 5.34. The van der Waals surface area contributed by atoms with Crippen LogP contribution in [-0.2, 0) is 4.74 Å². The van der Waals surface area contributed by atoms with Crippen LogP contribution in [0.25, 0.3) is 33.1 Å². The topological polar surface area (TPSA) is 58.2 Å². The minimum absolute atomic E-state index is 0.0381. The van der Waals surface area contributed by atoms with Crippen molar-refractivity contribution in [3.05, 3.63) is 65.9 Å². The van der Waals surface area contributed by atoms with Gasteiger partial charge in [0.2, 0.25) is 0 Å². The van der Waals surface area contributed by atoms with Crippen LogP contribution in [0.1, 0.15) is 16.1 Å². The lowest BCUT2D eigenvalue weighted by molar-refractivity contribution is 0.0299. The number of para-hydroxylation sites is 1. The van der Waals surface area contributed by atoms with Crippen LogP contribution in [0.4, 0.5) is 0 Å². The Morgan fingerprint density at radius 3 is 2.57 bits per heavy atom. The van der Waals surface area contributed by atoms with Gasteiger partial charge in [-0.2, -0.15) is 0 Å². The molecule has 2 aromatic carbocycles. The normalized spacial score (nSPS) is 14.7. The number of carbonyl (C=O) groups excluding carboxylic acids is 1. The van der Waals surface area contributed by atoms with Gasteiger partial charge in [0.1, 0.15) is 5.69 Å². The largest absolute Gasteiger partial charge is 0.378 e. The van der Waals surface area contributed by atoms with Crippen molar-refractivity contribution < 1.29 is 9.53 Å². The number of aromatic nitrogens is 2. The van der Waals surface area contributed by atoms with E-state index in [1.807, 2.05) is 23.1 Å². The first-order chi connectivity index (χ1) is 13.7. The number of rotatable bonds is 2. The number of ether oxygens (including phenoxy) is 1. The van der Waals surface area contributed by atoms with Crippen molar-refractivity contribution in [3.63, 3.8) is 0 Å². The third kappa shape index (κ3) is 2.84. The van der Waals surface area contributed by atoms with Crippen molar-refractivity contribution in [1.82, 2.24) is 14.9 Å². The molecule has 1 aliphatic heterocycles. The number of nitrogens with one attached hydrogen (secondary N) is 1. The summed E-state index contributed by atoms with van der Waals surface area (Å²) in [5.74, 6) is -0.0381. The Morgan fingerprint density at radius 2 is 1.79 bits per heavy atom. The molecule has 0 radical (unpaired) electrons. The summed E-state index contributed by atoms with van der Waals surface area (Å²) in [7, 11) is 0. The van der Waals surface area contributed by atoms with Crippen molar-refractivity contribution in [2.24, 2.45) is 0 Å². The maximum Gasteiger partial charge on any atom is 0.272 e. The number of fused-ring (bicyclic) bond motifs is 3. The number of morpholine rings is 1. The molecule has 1 aliphatic rings. The van der Waals surface area contributed by atoms with E-state index in [2.05, 4.69) is 48.3 Å². The summed E-state index contributed by atoms with van der Waals surface area (Å²) in [5.41, 5.74) is 5.49. The second-order valence-electron chi connectivity index (χ2n) is 7.22. The van der Waals surface area contributed by atoms with Crippen molar-refractivity contribution in [2.75, 3.05) is 26.3 Å². The first-order valence-corrected chi connectivity index (χ1v) is 9.56. The fraction of sp³-hybridized carbons (Fsp3) is 0.217. The summed E-state index contributed by atoms with van der Waals surface area (Å²) in [4.78, 5) is 23.3. The highest BCUT2D eigenvalue weighted by atomic mass is 16.5. The van der Waals surface area contributed by atoms with Crippen LogP contribution >= 0.6 is 0 Å². The van der Waals surface area contributed by atoms with Crippen LogP contribution in [0.15, 0.2) is 54.6 Å². The maximum atomic E-state index is 13.1. The molecule has 1 saturated heterocycles. The fourth-order valence-electron chi connectivity index (χ4n) is 3.80. The number of hydrogen-bond donors (Lipinski definition) is 1. The number of H-pyrrole nitrogens is 1. The molecule has 4 aromatic rings. The third-order valence-corrected chi connectivity index (χ3v) is 5.34. The summed E-state index contributed by atoms with van der Waals surface area (Å²) in [6, 6.07) is 18.3. The molecule has 140 valence electrons. The number of aryl methyl sites for hydroxylation is 1. The summed E-state index contributed by atoms with van der Waals surface area (Å²) in [6.07, 6.45) is 0. The molecule has 5 heteroatoms. The molecule has 0 unspecified atom stereocenters. The number of aromatic amines is 1. The smallest absolute Gasteiger partial charge is 0.272 e. The number of carbonyl (C=O) groups is 1. The monoisotopic (exact) mass is 371 g/mol. The Kier molecular flexibility index (Phi) is 4.10. The van der Waals surface area contributed by atoms with Crippen molar-refractivity contribution in [2.45, 2.75) is 6.92 Å². The number of nitrogens with zero attached hydrogens (tertiary/aromatic N) is 2. The van der Waals surface area contributed by atoms with Crippen molar-refractivity contribution in [1.29, 1.82) is 0 Å². The van der Waals surface area contributed by atoms with Crippen LogP contribution in [0.2, 0.25) is 0 Å². The van der Waals surface area contributed by atoms with Gasteiger partial charge in [0.15, 0.2) is 0 Å². The minimum Gasteiger partial charge on any atom is -0.378 e. The van der Waals surface area contributed by atoms with E-state index in [9.17, 15) is 4.79 Å². The van der Waals surface area contributed by atoms with Crippen LogP contribution in [0.5, 0.6) is 0 Å². The Labute approximate surface area is 162 Å². The highest BCUT2D eigenvalue weighted by Gasteiger charge is 2.22. The molecule has 5 nitrogen and oxygen atoms in total.